The first-order chi connectivity index (χ1) is 16.5. The molecule has 0 radical (unpaired) electrons. The molecule has 172 valence electrons. The highest BCUT2D eigenvalue weighted by atomic mass is 35.5. The smallest absolute Gasteiger partial charge is 0.322 e. The maximum Gasteiger partial charge on any atom is 0.322 e. The van der Waals surface area contributed by atoms with E-state index in [9.17, 15) is 9.59 Å². The summed E-state index contributed by atoms with van der Waals surface area (Å²) in [6.45, 7) is 2.50. The van der Waals surface area contributed by atoms with Crippen LogP contribution in [0.25, 0.3) is 10.9 Å². The van der Waals surface area contributed by atoms with Gasteiger partial charge in [0, 0.05) is 22.8 Å². The Hall–Kier alpha value is -3.97. The van der Waals surface area contributed by atoms with Crippen LogP contribution in [0.3, 0.4) is 0 Å². The third kappa shape index (κ3) is 4.56. The van der Waals surface area contributed by atoms with Gasteiger partial charge in [-0.3, -0.25) is 4.79 Å². The van der Waals surface area contributed by atoms with E-state index in [1.54, 1.807) is 29.2 Å². The number of pyridine rings is 1. The number of hydrogen-bond acceptors (Lipinski definition) is 4. The molecule has 34 heavy (non-hydrogen) atoms. The second-order valence-electron chi connectivity index (χ2n) is 8.14. The van der Waals surface area contributed by atoms with Crippen LogP contribution in [0.15, 0.2) is 71.5 Å². The molecule has 1 aliphatic heterocycles. The molecule has 2 amide bonds. The van der Waals surface area contributed by atoms with Crippen LogP contribution in [-0.4, -0.2) is 22.7 Å². The van der Waals surface area contributed by atoms with Crippen LogP contribution < -0.4 is 20.3 Å². The maximum absolute atomic E-state index is 13.3. The Kier molecular flexibility index (Phi) is 5.86. The molecule has 1 aliphatic rings. The van der Waals surface area contributed by atoms with E-state index in [0.29, 0.717) is 27.8 Å². The van der Waals surface area contributed by atoms with Crippen molar-refractivity contribution in [1.29, 1.82) is 0 Å². The molecule has 2 N–H and O–H groups in total. The number of hydrogen-bond donors (Lipinski definition) is 2. The van der Waals surface area contributed by atoms with Crippen LogP contribution in [-0.2, 0) is 13.1 Å². The van der Waals surface area contributed by atoms with Crippen molar-refractivity contribution in [3.05, 3.63) is 98.8 Å². The van der Waals surface area contributed by atoms with Crippen LogP contribution in [0.4, 0.5) is 10.5 Å². The molecular formula is C26H22ClN3O4. The summed E-state index contributed by atoms with van der Waals surface area (Å²) in [6.07, 6.45) is 0. The summed E-state index contributed by atoms with van der Waals surface area (Å²) in [4.78, 5) is 30.7. The van der Waals surface area contributed by atoms with Gasteiger partial charge in [0.2, 0.25) is 6.79 Å². The van der Waals surface area contributed by atoms with E-state index < -0.39 is 0 Å². The van der Waals surface area contributed by atoms with Gasteiger partial charge in [-0.05, 0) is 65.9 Å². The van der Waals surface area contributed by atoms with Crippen molar-refractivity contribution < 1.29 is 14.3 Å². The number of amides is 2. The highest BCUT2D eigenvalue weighted by Crippen LogP contribution is 2.33. The predicted octanol–water partition coefficient (Wildman–Crippen LogP) is 5.45. The number of fused-ring (bicyclic) bond motifs is 2. The lowest BCUT2D eigenvalue weighted by atomic mass is 10.1. The number of carbonyl (C=O) groups excluding carboxylic acids is 1. The van der Waals surface area contributed by atoms with Crippen molar-refractivity contribution in [2.24, 2.45) is 0 Å². The van der Waals surface area contributed by atoms with Gasteiger partial charge >= 0.3 is 6.03 Å². The van der Waals surface area contributed by atoms with E-state index >= 15 is 0 Å². The number of aromatic nitrogens is 1. The molecule has 0 atom stereocenters. The molecule has 1 aromatic heterocycles. The van der Waals surface area contributed by atoms with Crippen molar-refractivity contribution in [3.63, 3.8) is 0 Å². The van der Waals surface area contributed by atoms with E-state index in [-0.39, 0.29) is 31.5 Å². The second kappa shape index (κ2) is 9.11. The van der Waals surface area contributed by atoms with Gasteiger partial charge in [0.25, 0.3) is 5.56 Å². The lowest BCUT2D eigenvalue weighted by Gasteiger charge is -2.23. The first-order valence-electron chi connectivity index (χ1n) is 10.8. The summed E-state index contributed by atoms with van der Waals surface area (Å²) in [5.74, 6) is 1.30. The Balaban J connectivity index is 1.46. The fourth-order valence-electron chi connectivity index (χ4n) is 3.95. The van der Waals surface area contributed by atoms with Crippen LogP contribution >= 0.6 is 11.6 Å². The topological polar surface area (TPSA) is 83.7 Å². The van der Waals surface area contributed by atoms with Crippen molar-refractivity contribution in [2.45, 2.75) is 20.0 Å². The average molecular weight is 476 g/mol. The Morgan fingerprint density at radius 3 is 2.65 bits per heavy atom. The van der Waals surface area contributed by atoms with Crippen LogP contribution in [0.2, 0.25) is 5.02 Å². The highest BCUT2D eigenvalue weighted by Gasteiger charge is 2.20. The standard InChI is InChI=1S/C26H22ClN3O4/c1-16-3-2-4-18-12-19(25(31)29-24(16)18)14-30(26(32)28-21-8-6-20(27)7-9-21)13-17-5-10-22-23(11-17)34-15-33-22/h2-12H,13-15H2,1H3,(H,28,32)(H,29,31). The first-order valence-corrected chi connectivity index (χ1v) is 11.2. The summed E-state index contributed by atoms with van der Waals surface area (Å²) >= 11 is 5.96. The van der Waals surface area contributed by atoms with Gasteiger partial charge in [-0.2, -0.15) is 0 Å². The Morgan fingerprint density at radius 2 is 1.82 bits per heavy atom. The number of para-hydroxylation sites is 1. The minimum Gasteiger partial charge on any atom is -0.454 e. The van der Waals surface area contributed by atoms with Crippen LogP contribution in [0.1, 0.15) is 16.7 Å². The monoisotopic (exact) mass is 475 g/mol. The van der Waals surface area contributed by atoms with Crippen molar-refractivity contribution in [3.8, 4) is 11.5 Å². The summed E-state index contributed by atoms with van der Waals surface area (Å²) in [7, 11) is 0. The van der Waals surface area contributed by atoms with Gasteiger partial charge in [-0.1, -0.05) is 35.9 Å². The molecule has 3 aromatic carbocycles. The average Bonchev–Trinajstić information content (AvgIpc) is 3.29. The molecule has 0 aliphatic carbocycles. The number of carbonyl (C=O) groups is 1. The van der Waals surface area contributed by atoms with E-state index in [4.69, 9.17) is 21.1 Å². The van der Waals surface area contributed by atoms with E-state index in [0.717, 1.165) is 22.0 Å². The number of ether oxygens (including phenoxy) is 2. The normalized spacial score (nSPS) is 12.1. The maximum atomic E-state index is 13.3. The number of anilines is 1. The molecule has 7 nitrogen and oxygen atoms in total. The van der Waals surface area contributed by atoms with Crippen molar-refractivity contribution >= 4 is 34.2 Å². The molecule has 0 unspecified atom stereocenters. The molecule has 0 spiro atoms. The van der Waals surface area contributed by atoms with Gasteiger partial charge in [0.15, 0.2) is 11.5 Å². The number of aromatic amines is 1. The SMILES string of the molecule is Cc1cccc2cc(CN(Cc3ccc4c(c3)OCO4)C(=O)Nc3ccc(Cl)cc3)c(=O)[nH]c12. The number of rotatable bonds is 5. The number of nitrogens with one attached hydrogen (secondary N) is 2. The molecule has 4 aromatic rings. The zero-order chi connectivity index (χ0) is 23.7. The fourth-order valence-corrected chi connectivity index (χ4v) is 4.07. The summed E-state index contributed by atoms with van der Waals surface area (Å²) in [6, 6.07) is 19.7. The number of H-pyrrole nitrogens is 1. The van der Waals surface area contributed by atoms with E-state index in [1.165, 1.54) is 0 Å². The molecular weight excluding hydrogens is 454 g/mol. The second-order valence-corrected chi connectivity index (χ2v) is 8.58. The van der Waals surface area contributed by atoms with E-state index in [2.05, 4.69) is 10.3 Å². The molecule has 8 heteroatoms. The van der Waals surface area contributed by atoms with Crippen LogP contribution in [0, 0.1) is 6.92 Å². The van der Waals surface area contributed by atoms with Gasteiger partial charge in [0.1, 0.15) is 0 Å². The number of benzene rings is 3. The van der Waals surface area contributed by atoms with E-state index in [1.807, 2.05) is 49.4 Å². The number of urea groups is 1. The van der Waals surface area contributed by atoms with Gasteiger partial charge in [-0.15, -0.1) is 0 Å². The Morgan fingerprint density at radius 1 is 1.03 bits per heavy atom. The fraction of sp³-hybridized carbons (Fsp3) is 0.154. The third-order valence-corrected chi connectivity index (χ3v) is 5.97. The van der Waals surface area contributed by atoms with Crippen molar-refractivity contribution in [2.75, 3.05) is 12.1 Å². The van der Waals surface area contributed by atoms with Crippen LogP contribution in [0.5, 0.6) is 11.5 Å². The number of aryl methyl sites for hydroxylation is 1. The third-order valence-electron chi connectivity index (χ3n) is 5.72. The minimum atomic E-state index is -0.344. The molecule has 0 saturated heterocycles. The molecule has 0 saturated carbocycles. The Bertz CT molecular complexity index is 1430. The minimum absolute atomic E-state index is 0.118. The molecule has 2 heterocycles. The zero-order valence-corrected chi connectivity index (χ0v) is 19.2. The Labute approximate surface area is 200 Å². The molecule has 0 fully saturated rings. The largest absolute Gasteiger partial charge is 0.454 e. The number of halogens is 1. The quantitative estimate of drug-likeness (QED) is 0.402. The lowest BCUT2D eigenvalue weighted by Crippen LogP contribution is -2.35. The van der Waals surface area contributed by atoms with Gasteiger partial charge in [0.05, 0.1) is 12.1 Å². The summed E-state index contributed by atoms with van der Waals surface area (Å²) < 4.78 is 10.9. The molecule has 0 bridgehead atoms. The lowest BCUT2D eigenvalue weighted by molar-refractivity contribution is 0.174. The number of nitrogens with zero attached hydrogens (tertiary/aromatic N) is 1. The predicted molar refractivity (Wildman–Crippen MR) is 132 cm³/mol. The highest BCUT2D eigenvalue weighted by molar-refractivity contribution is 6.30. The zero-order valence-electron chi connectivity index (χ0n) is 18.4. The van der Waals surface area contributed by atoms with Gasteiger partial charge < -0.3 is 24.7 Å². The first kappa shape index (κ1) is 21.9. The molecule has 5 rings (SSSR count). The van der Waals surface area contributed by atoms with Gasteiger partial charge in [-0.25, -0.2) is 4.79 Å². The summed E-state index contributed by atoms with van der Waals surface area (Å²) in [5, 5.41) is 4.38. The van der Waals surface area contributed by atoms with Crippen molar-refractivity contribution in [1.82, 2.24) is 9.88 Å². The summed E-state index contributed by atoms with van der Waals surface area (Å²) in [5.41, 5.74) is 3.50.